The zero-order valence-electron chi connectivity index (χ0n) is 12.5. The lowest BCUT2D eigenvalue weighted by atomic mass is 9.99. The Morgan fingerprint density at radius 1 is 1.33 bits per heavy atom. The standard InChI is InChI=1S/C16H19N3O2/c1-4-21-16(2,3)15(20)14(19-12-17-11-18-19)10-13-8-6-5-7-9-13/h5-12H,4H2,1-3H3/b14-10-. The normalized spacial score (nSPS) is 12.4. The Bertz CT molecular complexity index is 616. The molecule has 2 aromatic rings. The Kier molecular flexibility index (Phi) is 4.65. The van der Waals surface area contributed by atoms with Crippen LogP contribution in [0, 0.1) is 0 Å². The summed E-state index contributed by atoms with van der Waals surface area (Å²) in [6.07, 6.45) is 4.70. The number of benzene rings is 1. The summed E-state index contributed by atoms with van der Waals surface area (Å²) < 4.78 is 7.02. The van der Waals surface area contributed by atoms with Gasteiger partial charge in [-0.1, -0.05) is 30.3 Å². The molecule has 1 aromatic heterocycles. The third-order valence-electron chi connectivity index (χ3n) is 3.05. The molecule has 110 valence electrons. The summed E-state index contributed by atoms with van der Waals surface area (Å²) in [5, 5.41) is 4.07. The quantitative estimate of drug-likeness (QED) is 0.766. The molecule has 0 radical (unpaired) electrons. The minimum Gasteiger partial charge on any atom is -0.368 e. The van der Waals surface area contributed by atoms with Crippen molar-refractivity contribution in [2.24, 2.45) is 0 Å². The van der Waals surface area contributed by atoms with E-state index in [-0.39, 0.29) is 5.78 Å². The number of Topliss-reactive ketones (excluding diaryl/α,β-unsaturated/α-hetero) is 1. The van der Waals surface area contributed by atoms with E-state index in [9.17, 15) is 4.79 Å². The minimum absolute atomic E-state index is 0.140. The van der Waals surface area contributed by atoms with E-state index in [1.807, 2.05) is 37.3 Å². The van der Waals surface area contributed by atoms with Gasteiger partial charge in [0.25, 0.3) is 0 Å². The zero-order valence-corrected chi connectivity index (χ0v) is 12.5. The Morgan fingerprint density at radius 3 is 2.62 bits per heavy atom. The third-order valence-corrected chi connectivity index (χ3v) is 3.05. The van der Waals surface area contributed by atoms with Crippen LogP contribution in [0.2, 0.25) is 0 Å². The zero-order chi connectivity index (χ0) is 15.3. The first-order valence-electron chi connectivity index (χ1n) is 6.85. The molecule has 0 atom stereocenters. The summed E-state index contributed by atoms with van der Waals surface area (Å²) in [6, 6.07) is 9.63. The highest BCUT2D eigenvalue weighted by Gasteiger charge is 2.32. The second kappa shape index (κ2) is 6.45. The van der Waals surface area contributed by atoms with Crippen LogP contribution in [0.3, 0.4) is 0 Å². The summed E-state index contributed by atoms with van der Waals surface area (Å²) >= 11 is 0. The second-order valence-electron chi connectivity index (χ2n) is 5.05. The number of ether oxygens (including phenoxy) is 1. The SMILES string of the molecule is CCOC(C)(C)C(=O)/C(=C/c1ccccc1)n1cncn1. The number of rotatable bonds is 6. The maximum absolute atomic E-state index is 12.8. The first-order chi connectivity index (χ1) is 10.0. The van der Waals surface area contributed by atoms with Gasteiger partial charge in [-0.2, -0.15) is 5.10 Å². The molecule has 0 saturated carbocycles. The molecule has 0 N–H and O–H groups in total. The number of carbonyl (C=O) groups is 1. The first-order valence-corrected chi connectivity index (χ1v) is 6.85. The fourth-order valence-corrected chi connectivity index (χ4v) is 2.01. The third kappa shape index (κ3) is 3.64. The fourth-order valence-electron chi connectivity index (χ4n) is 2.01. The first kappa shape index (κ1) is 15.1. The van der Waals surface area contributed by atoms with Crippen molar-refractivity contribution in [3.8, 4) is 0 Å². The van der Waals surface area contributed by atoms with Gasteiger partial charge in [0.05, 0.1) is 0 Å². The topological polar surface area (TPSA) is 57.0 Å². The fraction of sp³-hybridized carbons (Fsp3) is 0.312. The van der Waals surface area contributed by atoms with Gasteiger partial charge in [-0.05, 0) is 32.4 Å². The molecule has 0 bridgehead atoms. The summed E-state index contributed by atoms with van der Waals surface area (Å²) in [4.78, 5) is 16.7. The van der Waals surface area contributed by atoms with Gasteiger partial charge in [0.2, 0.25) is 5.78 Å². The van der Waals surface area contributed by atoms with Crippen LogP contribution in [0.15, 0.2) is 43.0 Å². The van der Waals surface area contributed by atoms with Crippen LogP contribution < -0.4 is 0 Å². The van der Waals surface area contributed by atoms with Crippen molar-refractivity contribution < 1.29 is 9.53 Å². The van der Waals surface area contributed by atoms with Gasteiger partial charge < -0.3 is 4.74 Å². The Balaban J connectivity index is 2.43. The van der Waals surface area contributed by atoms with E-state index >= 15 is 0 Å². The number of ketones is 1. The van der Waals surface area contributed by atoms with Gasteiger partial charge >= 0.3 is 0 Å². The molecule has 0 fully saturated rings. The van der Waals surface area contributed by atoms with Crippen molar-refractivity contribution in [2.45, 2.75) is 26.4 Å². The molecule has 2 rings (SSSR count). The van der Waals surface area contributed by atoms with Crippen molar-refractivity contribution in [2.75, 3.05) is 6.61 Å². The maximum Gasteiger partial charge on any atom is 0.212 e. The molecule has 1 aromatic carbocycles. The highest BCUT2D eigenvalue weighted by Crippen LogP contribution is 2.21. The summed E-state index contributed by atoms with van der Waals surface area (Å²) in [5.74, 6) is -0.140. The van der Waals surface area contributed by atoms with E-state index in [0.29, 0.717) is 12.3 Å². The van der Waals surface area contributed by atoms with E-state index < -0.39 is 5.60 Å². The molecular formula is C16H19N3O2. The largest absolute Gasteiger partial charge is 0.368 e. The Morgan fingerprint density at radius 2 is 2.05 bits per heavy atom. The molecular weight excluding hydrogens is 266 g/mol. The summed E-state index contributed by atoms with van der Waals surface area (Å²) in [6.45, 7) is 5.85. The lowest BCUT2D eigenvalue weighted by molar-refractivity contribution is -0.133. The Labute approximate surface area is 124 Å². The van der Waals surface area contributed by atoms with Gasteiger partial charge in [0.15, 0.2) is 0 Å². The van der Waals surface area contributed by atoms with Crippen LogP contribution in [0.4, 0.5) is 0 Å². The minimum atomic E-state index is -0.915. The predicted molar refractivity (Wildman–Crippen MR) is 81.3 cm³/mol. The highest BCUT2D eigenvalue weighted by molar-refractivity contribution is 6.23. The van der Waals surface area contributed by atoms with Gasteiger partial charge in [-0.3, -0.25) is 4.79 Å². The van der Waals surface area contributed by atoms with Crippen LogP contribution in [-0.2, 0) is 9.53 Å². The monoisotopic (exact) mass is 285 g/mol. The number of carbonyl (C=O) groups excluding carboxylic acids is 1. The van der Waals surface area contributed by atoms with Gasteiger partial charge in [0.1, 0.15) is 24.0 Å². The predicted octanol–water partition coefficient (Wildman–Crippen LogP) is 2.66. The van der Waals surface area contributed by atoms with E-state index in [2.05, 4.69) is 10.1 Å². The average Bonchev–Trinajstić information content (AvgIpc) is 2.99. The highest BCUT2D eigenvalue weighted by atomic mass is 16.5. The molecule has 0 amide bonds. The van der Waals surface area contributed by atoms with E-state index in [1.165, 1.54) is 17.3 Å². The number of hydrogen-bond donors (Lipinski definition) is 0. The van der Waals surface area contributed by atoms with Crippen molar-refractivity contribution >= 4 is 17.6 Å². The van der Waals surface area contributed by atoms with Crippen LogP contribution in [0.5, 0.6) is 0 Å². The van der Waals surface area contributed by atoms with Crippen molar-refractivity contribution in [3.63, 3.8) is 0 Å². The van der Waals surface area contributed by atoms with Gasteiger partial charge in [0, 0.05) is 6.61 Å². The second-order valence-corrected chi connectivity index (χ2v) is 5.05. The number of nitrogens with zero attached hydrogens (tertiary/aromatic N) is 3. The molecule has 0 saturated heterocycles. The molecule has 0 aliphatic rings. The lowest BCUT2D eigenvalue weighted by Gasteiger charge is -2.24. The Hall–Kier alpha value is -2.27. The van der Waals surface area contributed by atoms with Crippen LogP contribution in [0.1, 0.15) is 26.3 Å². The smallest absolute Gasteiger partial charge is 0.212 e. The molecule has 0 aliphatic carbocycles. The molecule has 5 heteroatoms. The van der Waals surface area contributed by atoms with Crippen molar-refractivity contribution in [1.82, 2.24) is 14.8 Å². The molecule has 0 unspecified atom stereocenters. The van der Waals surface area contributed by atoms with Crippen LogP contribution >= 0.6 is 0 Å². The number of aromatic nitrogens is 3. The lowest BCUT2D eigenvalue weighted by Crippen LogP contribution is -2.37. The molecule has 5 nitrogen and oxygen atoms in total. The summed E-state index contributed by atoms with van der Waals surface area (Å²) in [7, 11) is 0. The van der Waals surface area contributed by atoms with Crippen molar-refractivity contribution in [3.05, 3.63) is 48.5 Å². The van der Waals surface area contributed by atoms with Crippen LogP contribution in [0.25, 0.3) is 11.8 Å². The van der Waals surface area contributed by atoms with Gasteiger partial charge in [-0.15, -0.1) is 0 Å². The maximum atomic E-state index is 12.8. The van der Waals surface area contributed by atoms with Crippen molar-refractivity contribution in [1.29, 1.82) is 0 Å². The molecule has 0 aliphatic heterocycles. The van der Waals surface area contributed by atoms with E-state index in [4.69, 9.17) is 4.74 Å². The summed E-state index contributed by atoms with van der Waals surface area (Å²) in [5.41, 5.74) is 0.433. The van der Waals surface area contributed by atoms with E-state index in [1.54, 1.807) is 19.9 Å². The van der Waals surface area contributed by atoms with Crippen LogP contribution in [-0.4, -0.2) is 32.8 Å². The average molecular weight is 285 g/mol. The molecule has 1 heterocycles. The molecule has 0 spiro atoms. The molecule has 21 heavy (non-hydrogen) atoms. The van der Waals surface area contributed by atoms with Gasteiger partial charge in [-0.25, -0.2) is 9.67 Å². The number of hydrogen-bond acceptors (Lipinski definition) is 4. The van der Waals surface area contributed by atoms with E-state index in [0.717, 1.165) is 5.56 Å².